The average Bonchev–Trinajstić information content (AvgIpc) is 2.77. The number of para-hydroxylation sites is 1. The molecule has 0 aliphatic heterocycles. The zero-order valence-electron chi connectivity index (χ0n) is 16.0. The van der Waals surface area contributed by atoms with Gasteiger partial charge in [0.15, 0.2) is 0 Å². The number of nitrogens with zero attached hydrogens (tertiary/aromatic N) is 1. The maximum atomic E-state index is 12.7. The van der Waals surface area contributed by atoms with Crippen molar-refractivity contribution < 1.29 is 13.2 Å². The number of halogens is 1. The van der Waals surface area contributed by atoms with Gasteiger partial charge in [-0.1, -0.05) is 41.9 Å². The van der Waals surface area contributed by atoms with Crippen LogP contribution in [0.1, 0.15) is 11.1 Å². The van der Waals surface area contributed by atoms with Crippen molar-refractivity contribution in [2.24, 2.45) is 0 Å². The number of benzene rings is 3. The van der Waals surface area contributed by atoms with Gasteiger partial charge in [0.2, 0.25) is 10.0 Å². The number of ether oxygens (including phenoxy) is 1. The highest BCUT2D eigenvalue weighted by Gasteiger charge is 2.14. The molecule has 0 spiro atoms. The summed E-state index contributed by atoms with van der Waals surface area (Å²) in [5, 5.41) is 1.57. The van der Waals surface area contributed by atoms with Crippen LogP contribution in [-0.4, -0.2) is 13.4 Å². The number of hydrogen-bond acceptors (Lipinski definition) is 4. The third-order valence-electron chi connectivity index (χ3n) is 4.64. The van der Waals surface area contributed by atoms with E-state index < -0.39 is 10.0 Å². The molecule has 7 heteroatoms. The molecule has 1 aromatic heterocycles. The Morgan fingerprint density at radius 3 is 2.40 bits per heavy atom. The molecule has 1 heterocycles. The monoisotopic (exact) mass is 438 g/mol. The van der Waals surface area contributed by atoms with Gasteiger partial charge < -0.3 is 4.74 Å². The number of rotatable bonds is 7. The Bertz CT molecular complexity index is 1250. The summed E-state index contributed by atoms with van der Waals surface area (Å²) < 4.78 is 33.7. The molecule has 0 amide bonds. The molecule has 0 saturated heterocycles. The summed E-state index contributed by atoms with van der Waals surface area (Å²) in [5.74, 6) is 0.697. The first-order valence-electron chi connectivity index (χ1n) is 9.31. The van der Waals surface area contributed by atoms with Crippen molar-refractivity contribution in [1.29, 1.82) is 0 Å². The van der Waals surface area contributed by atoms with Gasteiger partial charge in [-0.05, 0) is 59.7 Å². The molecular formula is C23H19ClN2O3S. The zero-order valence-corrected chi connectivity index (χ0v) is 17.5. The molecular weight excluding hydrogens is 420 g/mol. The molecule has 0 aliphatic carbocycles. The first-order valence-corrected chi connectivity index (χ1v) is 11.2. The summed E-state index contributed by atoms with van der Waals surface area (Å²) in [4.78, 5) is 4.51. The Balaban J connectivity index is 1.41. The Hall–Kier alpha value is -2.93. The first kappa shape index (κ1) is 20.3. The second-order valence-corrected chi connectivity index (χ2v) is 8.90. The van der Waals surface area contributed by atoms with Gasteiger partial charge in [-0.25, -0.2) is 13.1 Å². The van der Waals surface area contributed by atoms with Crippen molar-refractivity contribution in [2.45, 2.75) is 18.0 Å². The maximum Gasteiger partial charge on any atom is 0.240 e. The summed E-state index contributed by atoms with van der Waals surface area (Å²) in [6.07, 6.45) is 1.68. The lowest BCUT2D eigenvalue weighted by Gasteiger charge is -2.10. The Morgan fingerprint density at radius 1 is 0.900 bits per heavy atom. The number of hydrogen-bond donors (Lipinski definition) is 1. The lowest BCUT2D eigenvalue weighted by molar-refractivity contribution is 0.306. The molecule has 0 atom stereocenters. The van der Waals surface area contributed by atoms with Gasteiger partial charge in [0.25, 0.3) is 0 Å². The van der Waals surface area contributed by atoms with Gasteiger partial charge in [0.05, 0.1) is 10.4 Å². The number of pyridine rings is 1. The SMILES string of the molecule is O=S(=O)(NCc1ccnc2ccccc12)c1ccc(COc2ccc(Cl)cc2)cc1. The fourth-order valence-electron chi connectivity index (χ4n) is 3.03. The normalized spacial score (nSPS) is 11.5. The average molecular weight is 439 g/mol. The van der Waals surface area contributed by atoms with Crippen molar-refractivity contribution in [3.05, 3.63) is 101 Å². The minimum absolute atomic E-state index is 0.187. The number of aromatic nitrogens is 1. The third-order valence-corrected chi connectivity index (χ3v) is 6.31. The summed E-state index contributed by atoms with van der Waals surface area (Å²) in [7, 11) is -3.64. The second kappa shape index (κ2) is 8.83. The Kier molecular flexibility index (Phi) is 5.99. The third kappa shape index (κ3) is 4.79. The topological polar surface area (TPSA) is 68.3 Å². The molecule has 5 nitrogen and oxygen atoms in total. The fourth-order valence-corrected chi connectivity index (χ4v) is 4.16. The number of fused-ring (bicyclic) bond motifs is 1. The van der Waals surface area contributed by atoms with Crippen molar-refractivity contribution >= 4 is 32.5 Å². The molecule has 4 rings (SSSR count). The van der Waals surface area contributed by atoms with E-state index in [1.807, 2.05) is 30.3 Å². The first-order chi connectivity index (χ1) is 14.5. The van der Waals surface area contributed by atoms with Crippen molar-refractivity contribution in [1.82, 2.24) is 9.71 Å². The van der Waals surface area contributed by atoms with Crippen LogP contribution in [0.25, 0.3) is 10.9 Å². The summed E-state index contributed by atoms with van der Waals surface area (Å²) in [5.41, 5.74) is 2.57. The lowest BCUT2D eigenvalue weighted by Crippen LogP contribution is -2.23. The predicted molar refractivity (Wildman–Crippen MR) is 118 cm³/mol. The molecule has 1 N–H and O–H groups in total. The van der Waals surface area contributed by atoms with E-state index in [4.69, 9.17) is 16.3 Å². The quantitative estimate of drug-likeness (QED) is 0.443. The van der Waals surface area contributed by atoms with Crippen LogP contribution in [0, 0.1) is 0 Å². The number of nitrogens with one attached hydrogen (secondary N) is 1. The molecule has 0 saturated carbocycles. The highest BCUT2D eigenvalue weighted by atomic mass is 35.5. The molecule has 152 valence electrons. The molecule has 4 aromatic rings. The van der Waals surface area contributed by atoms with E-state index in [0.29, 0.717) is 17.4 Å². The standard InChI is InChI=1S/C23H19ClN2O3S/c24-19-7-9-20(10-8-19)29-16-17-5-11-21(12-6-17)30(27,28)26-15-18-13-14-25-23-4-2-1-3-22(18)23/h1-14,26H,15-16H2. The van der Waals surface area contributed by atoms with E-state index >= 15 is 0 Å². The summed E-state index contributed by atoms with van der Waals surface area (Å²) in [6, 6.07) is 23.2. The minimum atomic E-state index is -3.64. The predicted octanol–water partition coefficient (Wildman–Crippen LogP) is 4.95. The van der Waals surface area contributed by atoms with Crippen LogP contribution >= 0.6 is 11.6 Å². The highest BCUT2D eigenvalue weighted by molar-refractivity contribution is 7.89. The van der Waals surface area contributed by atoms with Gasteiger partial charge in [-0.15, -0.1) is 0 Å². The summed E-state index contributed by atoms with van der Waals surface area (Å²) >= 11 is 5.86. The van der Waals surface area contributed by atoms with Crippen molar-refractivity contribution in [3.8, 4) is 5.75 Å². The Morgan fingerprint density at radius 2 is 1.63 bits per heavy atom. The van der Waals surface area contributed by atoms with Crippen molar-refractivity contribution in [2.75, 3.05) is 0 Å². The smallest absolute Gasteiger partial charge is 0.240 e. The van der Waals surface area contributed by atoms with Crippen LogP contribution in [0.3, 0.4) is 0 Å². The molecule has 0 bridgehead atoms. The van der Waals surface area contributed by atoms with Crippen LogP contribution in [0.5, 0.6) is 5.75 Å². The van der Waals surface area contributed by atoms with Crippen LogP contribution in [-0.2, 0) is 23.2 Å². The van der Waals surface area contributed by atoms with Gasteiger partial charge in [-0.2, -0.15) is 0 Å². The molecule has 0 fully saturated rings. The van der Waals surface area contributed by atoms with Crippen LogP contribution < -0.4 is 9.46 Å². The largest absolute Gasteiger partial charge is 0.489 e. The Labute approximate surface area is 180 Å². The van der Waals surface area contributed by atoms with Crippen LogP contribution in [0.2, 0.25) is 5.02 Å². The molecule has 3 aromatic carbocycles. The van der Waals surface area contributed by atoms with E-state index in [1.165, 1.54) is 0 Å². The van der Waals surface area contributed by atoms with E-state index in [-0.39, 0.29) is 11.4 Å². The van der Waals surface area contributed by atoms with Crippen molar-refractivity contribution in [3.63, 3.8) is 0 Å². The van der Waals surface area contributed by atoms with E-state index in [9.17, 15) is 8.42 Å². The van der Waals surface area contributed by atoms with Crippen LogP contribution in [0.4, 0.5) is 0 Å². The zero-order chi connectivity index (χ0) is 21.0. The highest BCUT2D eigenvalue weighted by Crippen LogP contribution is 2.19. The second-order valence-electron chi connectivity index (χ2n) is 6.70. The fraction of sp³-hybridized carbons (Fsp3) is 0.0870. The molecule has 0 unspecified atom stereocenters. The molecule has 0 aliphatic rings. The van der Waals surface area contributed by atoms with E-state index in [1.54, 1.807) is 54.7 Å². The molecule has 30 heavy (non-hydrogen) atoms. The van der Waals surface area contributed by atoms with E-state index in [0.717, 1.165) is 22.0 Å². The minimum Gasteiger partial charge on any atom is -0.489 e. The van der Waals surface area contributed by atoms with Crippen LogP contribution in [0.15, 0.2) is 90.0 Å². The lowest BCUT2D eigenvalue weighted by atomic mass is 10.1. The van der Waals surface area contributed by atoms with Gasteiger partial charge >= 0.3 is 0 Å². The van der Waals surface area contributed by atoms with Gasteiger partial charge in [0, 0.05) is 23.2 Å². The van der Waals surface area contributed by atoms with Gasteiger partial charge in [0.1, 0.15) is 12.4 Å². The van der Waals surface area contributed by atoms with Gasteiger partial charge in [-0.3, -0.25) is 4.98 Å². The number of sulfonamides is 1. The summed E-state index contributed by atoms with van der Waals surface area (Å²) in [6.45, 7) is 0.519. The molecule has 0 radical (unpaired) electrons. The van der Waals surface area contributed by atoms with E-state index in [2.05, 4.69) is 9.71 Å². The maximum absolute atomic E-state index is 12.7.